The first-order valence-corrected chi connectivity index (χ1v) is 10.9. The van der Waals surface area contributed by atoms with Crippen molar-refractivity contribution in [3.05, 3.63) is 29.8 Å². The van der Waals surface area contributed by atoms with E-state index in [1.807, 2.05) is 6.07 Å². The van der Waals surface area contributed by atoms with Crippen molar-refractivity contribution in [2.75, 3.05) is 39.3 Å². The molecule has 8 heteroatoms. The Morgan fingerprint density at radius 1 is 1.11 bits per heavy atom. The van der Waals surface area contributed by atoms with Gasteiger partial charge < -0.3 is 10.2 Å². The molecule has 2 aliphatic rings. The highest BCUT2D eigenvalue weighted by Crippen LogP contribution is 2.24. The monoisotopic (exact) mass is 390 g/mol. The molecular formula is C19H26N4O3S. The molecule has 2 fully saturated rings. The highest BCUT2D eigenvalue weighted by Gasteiger charge is 2.32. The predicted molar refractivity (Wildman–Crippen MR) is 101 cm³/mol. The van der Waals surface area contributed by atoms with Gasteiger partial charge in [0.2, 0.25) is 15.9 Å². The summed E-state index contributed by atoms with van der Waals surface area (Å²) in [6.45, 7) is 4.45. The number of amides is 1. The number of rotatable bonds is 6. The number of sulfonamides is 1. The lowest BCUT2D eigenvalue weighted by Crippen LogP contribution is -2.44. The van der Waals surface area contributed by atoms with Crippen LogP contribution in [0, 0.1) is 17.2 Å². The molecule has 2 saturated heterocycles. The number of hydrogen-bond acceptors (Lipinski definition) is 5. The molecule has 146 valence electrons. The second-order valence-corrected chi connectivity index (χ2v) is 9.09. The quantitative estimate of drug-likeness (QED) is 0.787. The highest BCUT2D eigenvalue weighted by atomic mass is 32.2. The SMILES string of the molecule is N#Cc1ccc(S(=O)(=O)N2CCC(C(=O)NCCN3CCCC3)CC2)cc1. The fourth-order valence-corrected chi connectivity index (χ4v) is 5.17. The third-order valence-electron chi connectivity index (χ3n) is 5.37. The van der Waals surface area contributed by atoms with Crippen molar-refractivity contribution in [2.24, 2.45) is 5.92 Å². The van der Waals surface area contributed by atoms with Crippen LogP contribution < -0.4 is 5.32 Å². The number of carbonyl (C=O) groups excluding carboxylic acids is 1. The van der Waals surface area contributed by atoms with E-state index in [1.165, 1.54) is 41.4 Å². The smallest absolute Gasteiger partial charge is 0.243 e. The van der Waals surface area contributed by atoms with Gasteiger partial charge >= 0.3 is 0 Å². The first kappa shape index (κ1) is 19.8. The van der Waals surface area contributed by atoms with Crippen LogP contribution in [0.2, 0.25) is 0 Å². The van der Waals surface area contributed by atoms with Gasteiger partial charge in [0, 0.05) is 32.1 Å². The molecule has 1 N–H and O–H groups in total. The van der Waals surface area contributed by atoms with Gasteiger partial charge in [-0.3, -0.25) is 4.79 Å². The molecule has 1 aromatic rings. The second-order valence-electron chi connectivity index (χ2n) is 7.15. The van der Waals surface area contributed by atoms with Crippen LogP contribution in [0.4, 0.5) is 0 Å². The summed E-state index contributed by atoms with van der Waals surface area (Å²) in [4.78, 5) is 14.9. The molecule has 1 amide bonds. The van der Waals surface area contributed by atoms with Gasteiger partial charge in [-0.2, -0.15) is 9.57 Å². The number of hydrogen-bond donors (Lipinski definition) is 1. The van der Waals surface area contributed by atoms with Crippen LogP contribution in [0.5, 0.6) is 0 Å². The van der Waals surface area contributed by atoms with Crippen LogP contribution in [0.15, 0.2) is 29.2 Å². The largest absolute Gasteiger partial charge is 0.355 e. The Morgan fingerprint density at radius 2 is 1.74 bits per heavy atom. The van der Waals surface area contributed by atoms with E-state index in [2.05, 4.69) is 10.2 Å². The maximum atomic E-state index is 12.7. The number of nitrogens with zero attached hydrogens (tertiary/aromatic N) is 3. The van der Waals surface area contributed by atoms with E-state index in [9.17, 15) is 13.2 Å². The molecular weight excluding hydrogens is 364 g/mol. The van der Waals surface area contributed by atoms with Crippen molar-refractivity contribution in [3.63, 3.8) is 0 Å². The minimum atomic E-state index is -3.58. The highest BCUT2D eigenvalue weighted by molar-refractivity contribution is 7.89. The van der Waals surface area contributed by atoms with Gasteiger partial charge in [-0.25, -0.2) is 8.42 Å². The fourth-order valence-electron chi connectivity index (χ4n) is 3.70. The number of piperidine rings is 1. The van der Waals surface area contributed by atoms with Crippen LogP contribution in [0.3, 0.4) is 0 Å². The van der Waals surface area contributed by atoms with Crippen molar-refractivity contribution in [1.29, 1.82) is 5.26 Å². The molecule has 0 spiro atoms. The van der Waals surface area contributed by atoms with Gasteiger partial charge in [0.15, 0.2) is 0 Å². The van der Waals surface area contributed by atoms with E-state index >= 15 is 0 Å². The van der Waals surface area contributed by atoms with Gasteiger partial charge in [0.25, 0.3) is 0 Å². The van der Waals surface area contributed by atoms with Crippen LogP contribution in [0.25, 0.3) is 0 Å². The summed E-state index contributed by atoms with van der Waals surface area (Å²) in [6.07, 6.45) is 3.54. The summed E-state index contributed by atoms with van der Waals surface area (Å²) in [7, 11) is -3.58. The van der Waals surface area contributed by atoms with Gasteiger partial charge in [-0.15, -0.1) is 0 Å². The average Bonchev–Trinajstić information content (AvgIpc) is 3.21. The zero-order valence-electron chi connectivity index (χ0n) is 15.4. The van der Waals surface area contributed by atoms with Crippen LogP contribution in [-0.4, -0.2) is 62.8 Å². The summed E-state index contributed by atoms with van der Waals surface area (Å²) < 4.78 is 26.9. The van der Waals surface area contributed by atoms with Crippen LogP contribution in [-0.2, 0) is 14.8 Å². The zero-order chi connectivity index (χ0) is 19.3. The molecule has 0 aliphatic carbocycles. The first-order chi connectivity index (χ1) is 13.0. The molecule has 0 unspecified atom stereocenters. The first-order valence-electron chi connectivity index (χ1n) is 9.51. The number of carbonyl (C=O) groups is 1. The van der Waals surface area contributed by atoms with Gasteiger partial charge in [0.1, 0.15) is 0 Å². The van der Waals surface area contributed by atoms with Crippen LogP contribution >= 0.6 is 0 Å². The lowest BCUT2D eigenvalue weighted by molar-refractivity contribution is -0.126. The molecule has 0 saturated carbocycles. The molecule has 0 aromatic heterocycles. The van der Waals surface area contributed by atoms with Crippen molar-refractivity contribution in [2.45, 2.75) is 30.6 Å². The Labute approximate surface area is 161 Å². The molecule has 27 heavy (non-hydrogen) atoms. The number of nitriles is 1. The third kappa shape index (κ3) is 4.86. The van der Waals surface area contributed by atoms with E-state index in [0.29, 0.717) is 38.0 Å². The van der Waals surface area contributed by atoms with E-state index in [1.54, 1.807) is 0 Å². The number of benzene rings is 1. The van der Waals surface area contributed by atoms with E-state index < -0.39 is 10.0 Å². The Morgan fingerprint density at radius 3 is 2.33 bits per heavy atom. The summed E-state index contributed by atoms with van der Waals surface area (Å²) >= 11 is 0. The summed E-state index contributed by atoms with van der Waals surface area (Å²) in [5, 5.41) is 11.8. The summed E-state index contributed by atoms with van der Waals surface area (Å²) in [5.41, 5.74) is 0.429. The molecule has 0 atom stereocenters. The molecule has 1 aromatic carbocycles. The molecule has 0 radical (unpaired) electrons. The van der Waals surface area contributed by atoms with Crippen molar-refractivity contribution in [1.82, 2.24) is 14.5 Å². The Bertz CT molecular complexity index is 787. The standard InChI is InChI=1S/C19H26N4O3S/c20-15-16-3-5-18(6-4-16)27(25,26)23-12-7-17(8-13-23)19(24)21-9-14-22-10-1-2-11-22/h3-6,17H,1-2,7-14H2,(H,21,24). The van der Waals surface area contributed by atoms with E-state index in [0.717, 1.165) is 19.6 Å². The van der Waals surface area contributed by atoms with Gasteiger partial charge in [0.05, 0.1) is 16.5 Å². The zero-order valence-corrected chi connectivity index (χ0v) is 16.2. The Balaban J connectivity index is 1.48. The normalized spacial score (nSPS) is 19.7. The molecule has 2 heterocycles. The minimum Gasteiger partial charge on any atom is -0.355 e. The third-order valence-corrected chi connectivity index (χ3v) is 7.28. The van der Waals surface area contributed by atoms with Gasteiger partial charge in [-0.05, 0) is 63.0 Å². The van der Waals surface area contributed by atoms with Gasteiger partial charge in [-0.1, -0.05) is 0 Å². The second kappa shape index (κ2) is 8.83. The van der Waals surface area contributed by atoms with Crippen LogP contribution in [0.1, 0.15) is 31.2 Å². The summed E-state index contributed by atoms with van der Waals surface area (Å²) in [5.74, 6) is -0.0967. The van der Waals surface area contributed by atoms with Crippen molar-refractivity contribution in [3.8, 4) is 6.07 Å². The molecule has 3 rings (SSSR count). The lowest BCUT2D eigenvalue weighted by Gasteiger charge is -2.30. The average molecular weight is 391 g/mol. The topological polar surface area (TPSA) is 93.5 Å². The van der Waals surface area contributed by atoms with E-state index in [-0.39, 0.29) is 16.7 Å². The predicted octanol–water partition coefficient (Wildman–Crippen LogP) is 1.17. The molecule has 0 bridgehead atoms. The molecule has 2 aliphatic heterocycles. The minimum absolute atomic E-state index is 0.0321. The maximum Gasteiger partial charge on any atom is 0.243 e. The summed E-state index contributed by atoms with van der Waals surface area (Å²) in [6, 6.07) is 7.92. The Kier molecular flexibility index (Phi) is 6.47. The van der Waals surface area contributed by atoms with Crippen molar-refractivity contribution < 1.29 is 13.2 Å². The fraction of sp³-hybridized carbons (Fsp3) is 0.579. The lowest BCUT2D eigenvalue weighted by atomic mass is 9.97. The number of nitrogens with one attached hydrogen (secondary N) is 1. The van der Waals surface area contributed by atoms with E-state index in [4.69, 9.17) is 5.26 Å². The van der Waals surface area contributed by atoms with Crippen molar-refractivity contribution >= 4 is 15.9 Å². The molecule has 7 nitrogen and oxygen atoms in total. The Hall–Kier alpha value is -1.95. The maximum absolute atomic E-state index is 12.7. The number of likely N-dealkylation sites (tertiary alicyclic amines) is 1.